The quantitative estimate of drug-likeness (QED) is 0.634. The van der Waals surface area contributed by atoms with Crippen LogP contribution in [0.3, 0.4) is 0 Å². The molecule has 0 spiro atoms. The van der Waals surface area contributed by atoms with Crippen molar-refractivity contribution >= 4 is 40.6 Å². The van der Waals surface area contributed by atoms with Gasteiger partial charge in [0.25, 0.3) is 11.5 Å². The van der Waals surface area contributed by atoms with E-state index in [-0.39, 0.29) is 11.5 Å². The number of carbonyl (C=O) groups is 1. The van der Waals surface area contributed by atoms with E-state index >= 15 is 0 Å². The Morgan fingerprint density at radius 1 is 1.64 bits per heavy atom. The second-order valence-electron chi connectivity index (χ2n) is 2.28. The molecule has 1 heterocycles. The molecule has 8 heteroatoms. The van der Waals surface area contributed by atoms with Gasteiger partial charge >= 0.3 is 0 Å². The van der Waals surface area contributed by atoms with Gasteiger partial charge in [-0.2, -0.15) is 0 Å². The summed E-state index contributed by atoms with van der Waals surface area (Å²) in [5.74, 6) is -0.838. The molecule has 0 aliphatic carbocycles. The van der Waals surface area contributed by atoms with Crippen molar-refractivity contribution in [3.05, 3.63) is 16.7 Å². The van der Waals surface area contributed by atoms with E-state index < -0.39 is 16.3 Å². The van der Waals surface area contributed by atoms with Crippen molar-refractivity contribution in [2.75, 3.05) is 11.1 Å². The maximum Gasteiger partial charge on any atom is 0.276 e. The molecule has 1 amide bonds. The Hall–Kier alpha value is -1.27. The molecular formula is C6H6Cl2N4O2. The van der Waals surface area contributed by atoms with Gasteiger partial charge in [0.15, 0.2) is 10.7 Å². The SMILES string of the molecule is Nc1nc[nH]c(=O)c1NC(=O)C(Cl)Cl. The smallest absolute Gasteiger partial charge is 0.276 e. The maximum absolute atomic E-state index is 11.1. The molecule has 6 nitrogen and oxygen atoms in total. The Kier molecular flexibility index (Phi) is 3.32. The van der Waals surface area contributed by atoms with Crippen LogP contribution in [0.15, 0.2) is 11.1 Å². The minimum atomic E-state index is -1.27. The summed E-state index contributed by atoms with van der Waals surface area (Å²) in [6.07, 6.45) is 1.12. The van der Waals surface area contributed by atoms with E-state index in [2.05, 4.69) is 15.3 Å². The largest absolute Gasteiger partial charge is 0.382 e. The summed E-state index contributed by atoms with van der Waals surface area (Å²) in [5.41, 5.74) is 4.61. The summed E-state index contributed by atoms with van der Waals surface area (Å²) >= 11 is 10.5. The van der Waals surface area contributed by atoms with Gasteiger partial charge in [0, 0.05) is 0 Å². The molecule has 0 fully saturated rings. The van der Waals surface area contributed by atoms with E-state index in [4.69, 9.17) is 28.9 Å². The van der Waals surface area contributed by atoms with Gasteiger partial charge in [0.2, 0.25) is 0 Å². The summed E-state index contributed by atoms with van der Waals surface area (Å²) in [6.45, 7) is 0. The summed E-state index contributed by atoms with van der Waals surface area (Å²) < 4.78 is 0. The van der Waals surface area contributed by atoms with Crippen LogP contribution in [-0.4, -0.2) is 20.7 Å². The number of nitrogen functional groups attached to an aromatic ring is 1. The molecule has 4 N–H and O–H groups in total. The van der Waals surface area contributed by atoms with Gasteiger partial charge in [0.05, 0.1) is 6.33 Å². The summed E-state index contributed by atoms with van der Waals surface area (Å²) in [7, 11) is 0. The predicted molar refractivity (Wildman–Crippen MR) is 53.4 cm³/mol. The van der Waals surface area contributed by atoms with E-state index in [0.717, 1.165) is 6.33 Å². The van der Waals surface area contributed by atoms with Crippen LogP contribution in [-0.2, 0) is 4.79 Å². The number of nitrogens with one attached hydrogen (secondary N) is 2. The lowest BCUT2D eigenvalue weighted by atomic mass is 10.4. The highest BCUT2D eigenvalue weighted by Gasteiger charge is 2.15. The normalized spacial score (nSPS) is 10.2. The Bertz CT molecular complexity index is 403. The second-order valence-corrected chi connectivity index (χ2v) is 3.38. The first-order valence-corrected chi connectivity index (χ1v) is 4.32. The Morgan fingerprint density at radius 2 is 2.29 bits per heavy atom. The molecule has 0 aliphatic heterocycles. The molecule has 0 saturated heterocycles. The molecular weight excluding hydrogens is 231 g/mol. The van der Waals surface area contributed by atoms with E-state index in [9.17, 15) is 9.59 Å². The molecule has 1 aromatic heterocycles. The number of rotatable bonds is 2. The number of hydrogen-bond acceptors (Lipinski definition) is 4. The number of carbonyl (C=O) groups excluding carboxylic acids is 1. The van der Waals surface area contributed by atoms with Gasteiger partial charge < -0.3 is 16.0 Å². The Morgan fingerprint density at radius 3 is 2.79 bits per heavy atom. The number of aromatic nitrogens is 2. The van der Waals surface area contributed by atoms with Crippen molar-refractivity contribution in [2.45, 2.75) is 4.84 Å². The van der Waals surface area contributed by atoms with Crippen LogP contribution in [0.4, 0.5) is 11.5 Å². The van der Waals surface area contributed by atoms with E-state index in [0.29, 0.717) is 0 Å². The van der Waals surface area contributed by atoms with Gasteiger partial charge in [-0.3, -0.25) is 9.59 Å². The number of H-pyrrole nitrogens is 1. The van der Waals surface area contributed by atoms with Crippen molar-refractivity contribution in [1.82, 2.24) is 9.97 Å². The molecule has 76 valence electrons. The molecule has 1 aromatic rings. The van der Waals surface area contributed by atoms with Gasteiger partial charge in [-0.1, -0.05) is 23.2 Å². The summed E-state index contributed by atoms with van der Waals surface area (Å²) in [6, 6.07) is 0. The third-order valence-electron chi connectivity index (χ3n) is 1.33. The number of nitrogens with two attached hydrogens (primary N) is 1. The van der Waals surface area contributed by atoms with Crippen molar-refractivity contribution < 1.29 is 4.79 Å². The van der Waals surface area contributed by atoms with E-state index in [1.807, 2.05) is 0 Å². The van der Waals surface area contributed by atoms with Crippen LogP contribution in [0.25, 0.3) is 0 Å². The molecule has 0 saturated carbocycles. The molecule has 0 aliphatic rings. The van der Waals surface area contributed by atoms with Crippen molar-refractivity contribution in [1.29, 1.82) is 0 Å². The third kappa shape index (κ3) is 2.36. The number of halogens is 2. The van der Waals surface area contributed by atoms with Crippen molar-refractivity contribution in [3.63, 3.8) is 0 Å². The topological polar surface area (TPSA) is 101 Å². The average Bonchev–Trinajstić information content (AvgIpc) is 2.11. The lowest BCUT2D eigenvalue weighted by Gasteiger charge is -2.05. The highest BCUT2D eigenvalue weighted by atomic mass is 35.5. The number of alkyl halides is 2. The zero-order valence-corrected chi connectivity index (χ0v) is 8.26. The highest BCUT2D eigenvalue weighted by Crippen LogP contribution is 2.10. The van der Waals surface area contributed by atoms with Crippen LogP contribution in [0.5, 0.6) is 0 Å². The standard InChI is InChI=1S/C6H6Cl2N4O2/c7-3(8)6(14)12-2-4(9)10-1-11-5(2)13/h1,3H,(H,12,14)(H3,9,10,11,13). The fourth-order valence-electron chi connectivity index (χ4n) is 0.712. The van der Waals surface area contributed by atoms with Gasteiger partial charge in [-0.25, -0.2) is 4.98 Å². The number of amides is 1. The maximum atomic E-state index is 11.1. The average molecular weight is 237 g/mol. The van der Waals surface area contributed by atoms with Crippen LogP contribution >= 0.6 is 23.2 Å². The van der Waals surface area contributed by atoms with Gasteiger partial charge in [-0.15, -0.1) is 0 Å². The fraction of sp³-hybridized carbons (Fsp3) is 0.167. The lowest BCUT2D eigenvalue weighted by molar-refractivity contribution is -0.114. The number of aromatic amines is 1. The Balaban J connectivity index is 2.97. The zero-order valence-electron chi connectivity index (χ0n) is 6.75. The molecule has 1 rings (SSSR count). The predicted octanol–water partition coefficient (Wildman–Crippen LogP) is 0.0943. The fourth-order valence-corrected chi connectivity index (χ4v) is 0.821. The zero-order chi connectivity index (χ0) is 10.7. The summed E-state index contributed by atoms with van der Waals surface area (Å²) in [5, 5.41) is 2.14. The van der Waals surface area contributed by atoms with Crippen molar-refractivity contribution in [3.8, 4) is 0 Å². The minimum Gasteiger partial charge on any atom is -0.382 e. The molecule has 0 radical (unpaired) electrons. The number of nitrogens with zero attached hydrogens (tertiary/aromatic N) is 1. The van der Waals surface area contributed by atoms with Crippen LogP contribution in [0.1, 0.15) is 0 Å². The number of anilines is 2. The van der Waals surface area contributed by atoms with Crippen LogP contribution in [0, 0.1) is 0 Å². The van der Waals surface area contributed by atoms with Crippen LogP contribution in [0.2, 0.25) is 0 Å². The molecule has 0 aromatic carbocycles. The highest BCUT2D eigenvalue weighted by molar-refractivity contribution is 6.54. The Labute approximate surface area is 88.4 Å². The monoisotopic (exact) mass is 236 g/mol. The van der Waals surface area contributed by atoms with Gasteiger partial charge in [0.1, 0.15) is 5.69 Å². The molecule has 14 heavy (non-hydrogen) atoms. The van der Waals surface area contributed by atoms with Crippen molar-refractivity contribution in [2.24, 2.45) is 0 Å². The minimum absolute atomic E-state index is 0.101. The first-order chi connectivity index (χ1) is 6.52. The second kappa shape index (κ2) is 4.30. The van der Waals surface area contributed by atoms with Crippen LogP contribution < -0.4 is 16.6 Å². The van der Waals surface area contributed by atoms with E-state index in [1.54, 1.807) is 0 Å². The molecule has 0 atom stereocenters. The third-order valence-corrected chi connectivity index (χ3v) is 1.73. The van der Waals surface area contributed by atoms with Gasteiger partial charge in [-0.05, 0) is 0 Å². The lowest BCUT2D eigenvalue weighted by Crippen LogP contribution is -2.25. The summed E-state index contributed by atoms with van der Waals surface area (Å²) in [4.78, 5) is 26.7. The molecule has 0 unspecified atom stereocenters. The first-order valence-electron chi connectivity index (χ1n) is 3.44. The first kappa shape index (κ1) is 10.8. The van der Waals surface area contributed by atoms with E-state index in [1.165, 1.54) is 0 Å². The number of hydrogen-bond donors (Lipinski definition) is 3. The molecule has 0 bridgehead atoms.